The molecule has 0 fully saturated rings. The first-order chi connectivity index (χ1) is 12.2. The van der Waals surface area contributed by atoms with Crippen molar-refractivity contribution in [2.75, 3.05) is 11.8 Å². The Bertz CT molecular complexity index is 1050. The number of sulfonamides is 1. The van der Waals surface area contributed by atoms with E-state index in [0.717, 1.165) is 16.1 Å². The minimum atomic E-state index is -3.80. The van der Waals surface area contributed by atoms with E-state index in [0.29, 0.717) is 27.6 Å². The average molecular weight is 393 g/mol. The summed E-state index contributed by atoms with van der Waals surface area (Å²) in [7, 11) is -2.24. The highest BCUT2D eigenvalue weighted by Gasteiger charge is 2.29. The smallest absolute Gasteiger partial charge is 0.263 e. The lowest BCUT2D eigenvalue weighted by Gasteiger charge is -2.10. The lowest BCUT2D eigenvalue weighted by Crippen LogP contribution is -2.14. The van der Waals surface area contributed by atoms with Crippen LogP contribution >= 0.6 is 11.3 Å². The largest absolute Gasteiger partial charge is 0.497 e. The first-order valence-electron chi connectivity index (χ1n) is 7.94. The number of anilines is 1. The van der Waals surface area contributed by atoms with E-state index in [1.807, 2.05) is 20.8 Å². The van der Waals surface area contributed by atoms with Crippen molar-refractivity contribution in [2.24, 2.45) is 0 Å². The summed E-state index contributed by atoms with van der Waals surface area (Å²) < 4.78 is 39.4. The molecule has 3 rings (SSSR count). The molecule has 2 aromatic heterocycles. The van der Waals surface area contributed by atoms with Gasteiger partial charge in [0.2, 0.25) is 0 Å². The number of hydrogen-bond acceptors (Lipinski definition) is 6. The molecule has 138 valence electrons. The van der Waals surface area contributed by atoms with Crippen molar-refractivity contribution in [1.29, 1.82) is 0 Å². The Hall–Kier alpha value is -2.32. The topological polar surface area (TPSA) is 81.4 Å². The van der Waals surface area contributed by atoms with Crippen LogP contribution in [0.5, 0.6) is 5.75 Å². The van der Waals surface area contributed by atoms with Crippen LogP contribution < -0.4 is 9.46 Å². The van der Waals surface area contributed by atoms with Crippen LogP contribution in [0.25, 0.3) is 11.3 Å². The molecule has 3 aromatic rings. The highest BCUT2D eigenvalue weighted by molar-refractivity contribution is 7.93. The number of aryl methyl sites for hydroxylation is 3. The maximum absolute atomic E-state index is 13.1. The highest BCUT2D eigenvalue weighted by atomic mass is 32.2. The van der Waals surface area contributed by atoms with Gasteiger partial charge in [-0.15, -0.1) is 11.3 Å². The van der Waals surface area contributed by atoms with E-state index in [9.17, 15) is 8.42 Å². The molecule has 0 aliphatic rings. The second-order valence-corrected chi connectivity index (χ2v) is 9.02. The Morgan fingerprint density at radius 3 is 2.27 bits per heavy atom. The summed E-state index contributed by atoms with van der Waals surface area (Å²) in [6.45, 7) is 7.39. The van der Waals surface area contributed by atoms with Gasteiger partial charge in [-0.05, 0) is 52.0 Å². The molecule has 6 nitrogen and oxygen atoms in total. The van der Waals surface area contributed by atoms with Crippen molar-refractivity contribution in [1.82, 2.24) is 5.16 Å². The number of nitrogens with zero attached hydrogens (tertiary/aromatic N) is 1. The van der Waals surface area contributed by atoms with Gasteiger partial charge in [-0.1, -0.05) is 5.16 Å². The highest BCUT2D eigenvalue weighted by Crippen LogP contribution is 2.41. The summed E-state index contributed by atoms with van der Waals surface area (Å²) in [5, 5.41) is 3.97. The van der Waals surface area contributed by atoms with E-state index >= 15 is 0 Å². The second-order valence-electron chi connectivity index (χ2n) is 5.97. The zero-order chi connectivity index (χ0) is 19.1. The van der Waals surface area contributed by atoms with Gasteiger partial charge < -0.3 is 9.26 Å². The third-order valence-electron chi connectivity index (χ3n) is 4.20. The van der Waals surface area contributed by atoms with Gasteiger partial charge >= 0.3 is 0 Å². The Labute approximate surface area is 156 Å². The van der Waals surface area contributed by atoms with Crippen LogP contribution in [0.15, 0.2) is 33.7 Å². The number of hydrogen-bond donors (Lipinski definition) is 1. The van der Waals surface area contributed by atoms with E-state index in [4.69, 9.17) is 9.26 Å². The number of aromatic nitrogens is 1. The van der Waals surface area contributed by atoms with Crippen molar-refractivity contribution in [3.63, 3.8) is 0 Å². The fraction of sp³-hybridized carbons (Fsp3) is 0.278. The SMILES string of the molecule is COc1ccc(NS(=O)(=O)c2c(C)sc(C)c2-c2onc(C)c2C)cc1. The van der Waals surface area contributed by atoms with Gasteiger partial charge in [-0.3, -0.25) is 4.72 Å². The Morgan fingerprint density at radius 1 is 1.08 bits per heavy atom. The molecule has 0 aliphatic heterocycles. The molecule has 8 heteroatoms. The third kappa shape index (κ3) is 3.22. The summed E-state index contributed by atoms with van der Waals surface area (Å²) in [6.07, 6.45) is 0. The van der Waals surface area contributed by atoms with Crippen molar-refractivity contribution >= 4 is 27.0 Å². The molecule has 0 amide bonds. The van der Waals surface area contributed by atoms with Crippen LogP contribution in [0, 0.1) is 27.7 Å². The van der Waals surface area contributed by atoms with Gasteiger partial charge in [0.25, 0.3) is 10.0 Å². The lowest BCUT2D eigenvalue weighted by atomic mass is 10.1. The first-order valence-corrected chi connectivity index (χ1v) is 10.2. The molecule has 0 spiro atoms. The minimum Gasteiger partial charge on any atom is -0.497 e. The van der Waals surface area contributed by atoms with E-state index < -0.39 is 10.0 Å². The zero-order valence-electron chi connectivity index (χ0n) is 15.2. The minimum absolute atomic E-state index is 0.232. The molecular formula is C18H20N2O4S2. The maximum Gasteiger partial charge on any atom is 0.263 e. The van der Waals surface area contributed by atoms with E-state index in [1.54, 1.807) is 38.3 Å². The Balaban J connectivity index is 2.09. The van der Waals surface area contributed by atoms with Gasteiger partial charge in [0.05, 0.1) is 18.4 Å². The number of thiophene rings is 1. The summed E-state index contributed by atoms with van der Waals surface area (Å²) in [5.74, 6) is 1.16. The predicted molar refractivity (Wildman–Crippen MR) is 103 cm³/mol. The fourth-order valence-corrected chi connectivity index (χ4v) is 5.67. The molecule has 0 saturated carbocycles. The molecule has 26 heavy (non-hydrogen) atoms. The number of nitrogens with one attached hydrogen (secondary N) is 1. The van der Waals surface area contributed by atoms with Gasteiger partial charge in [-0.25, -0.2) is 8.42 Å². The van der Waals surface area contributed by atoms with Crippen molar-refractivity contribution in [2.45, 2.75) is 32.6 Å². The molecular weight excluding hydrogens is 372 g/mol. The van der Waals surface area contributed by atoms with E-state index in [-0.39, 0.29) is 4.90 Å². The second kappa shape index (κ2) is 6.77. The molecule has 0 saturated heterocycles. The van der Waals surface area contributed by atoms with Gasteiger partial charge in [0, 0.05) is 21.0 Å². The number of methoxy groups -OCH3 is 1. The average Bonchev–Trinajstić information content (AvgIpc) is 3.07. The number of ether oxygens (including phenoxy) is 1. The van der Waals surface area contributed by atoms with Crippen LogP contribution in [0.4, 0.5) is 5.69 Å². The molecule has 0 atom stereocenters. The standard InChI is InChI=1S/C18H20N2O4S2/c1-10-11(2)19-24-17(10)16-12(3)25-13(4)18(16)26(21,22)20-14-6-8-15(23-5)9-7-14/h6-9,20H,1-5H3. The molecule has 0 bridgehead atoms. The van der Waals surface area contributed by atoms with Crippen molar-refractivity contribution in [3.05, 3.63) is 45.3 Å². The van der Waals surface area contributed by atoms with Crippen LogP contribution in [-0.2, 0) is 10.0 Å². The number of benzene rings is 1. The lowest BCUT2D eigenvalue weighted by molar-refractivity contribution is 0.415. The predicted octanol–water partition coefficient (Wildman–Crippen LogP) is 4.45. The normalized spacial score (nSPS) is 11.6. The molecule has 0 unspecified atom stereocenters. The van der Waals surface area contributed by atoms with Gasteiger partial charge in [0.15, 0.2) is 5.76 Å². The Morgan fingerprint density at radius 2 is 1.73 bits per heavy atom. The van der Waals surface area contributed by atoms with Crippen molar-refractivity contribution in [3.8, 4) is 17.1 Å². The van der Waals surface area contributed by atoms with Crippen molar-refractivity contribution < 1.29 is 17.7 Å². The summed E-state index contributed by atoms with van der Waals surface area (Å²) >= 11 is 1.43. The third-order valence-corrected chi connectivity index (χ3v) is 6.90. The van der Waals surface area contributed by atoms with Crippen LogP contribution in [0.3, 0.4) is 0 Å². The van der Waals surface area contributed by atoms with Crippen LogP contribution in [0.2, 0.25) is 0 Å². The van der Waals surface area contributed by atoms with Crippen LogP contribution in [-0.4, -0.2) is 20.7 Å². The van der Waals surface area contributed by atoms with Crippen LogP contribution in [0.1, 0.15) is 21.0 Å². The van der Waals surface area contributed by atoms with E-state index in [2.05, 4.69) is 9.88 Å². The molecule has 1 aromatic carbocycles. The first kappa shape index (κ1) is 18.5. The van der Waals surface area contributed by atoms with E-state index in [1.165, 1.54) is 11.3 Å². The quantitative estimate of drug-likeness (QED) is 0.694. The molecule has 0 radical (unpaired) electrons. The fourth-order valence-electron chi connectivity index (χ4n) is 2.76. The summed E-state index contributed by atoms with van der Waals surface area (Å²) in [6, 6.07) is 6.73. The summed E-state index contributed by atoms with van der Waals surface area (Å²) in [5.41, 5.74) is 2.62. The monoisotopic (exact) mass is 392 g/mol. The van der Waals surface area contributed by atoms with Gasteiger partial charge in [0.1, 0.15) is 10.6 Å². The molecule has 1 N–H and O–H groups in total. The number of rotatable bonds is 5. The summed E-state index contributed by atoms with van der Waals surface area (Å²) in [4.78, 5) is 1.80. The molecule has 2 heterocycles. The molecule has 0 aliphatic carbocycles. The Kier molecular flexibility index (Phi) is 4.81. The van der Waals surface area contributed by atoms with Gasteiger partial charge in [-0.2, -0.15) is 0 Å². The zero-order valence-corrected chi connectivity index (χ0v) is 16.8. The maximum atomic E-state index is 13.1.